The monoisotopic (exact) mass is 392 g/mol. The van der Waals surface area contributed by atoms with Crippen molar-refractivity contribution in [1.82, 2.24) is 4.90 Å². The van der Waals surface area contributed by atoms with E-state index in [-0.39, 0.29) is 6.54 Å². The van der Waals surface area contributed by atoms with Crippen molar-refractivity contribution in [2.75, 3.05) is 25.5 Å². The van der Waals surface area contributed by atoms with Crippen LogP contribution in [0, 0.1) is 12.7 Å². The van der Waals surface area contributed by atoms with Crippen molar-refractivity contribution >= 4 is 34.8 Å². The van der Waals surface area contributed by atoms with Crippen molar-refractivity contribution < 1.29 is 23.5 Å². The Kier molecular flexibility index (Phi) is 7.06. The van der Waals surface area contributed by atoms with Crippen LogP contribution in [0.2, 0.25) is 0 Å². The van der Waals surface area contributed by atoms with E-state index < -0.39 is 30.2 Å². The van der Waals surface area contributed by atoms with E-state index in [1.165, 1.54) is 42.6 Å². The van der Waals surface area contributed by atoms with Gasteiger partial charge >= 0.3 is 5.97 Å². The van der Waals surface area contributed by atoms with Gasteiger partial charge in [0.1, 0.15) is 10.7 Å². The molecule has 0 atom stereocenters. The third-order valence-corrected chi connectivity index (χ3v) is 4.94. The van der Waals surface area contributed by atoms with Crippen molar-refractivity contribution in [3.63, 3.8) is 0 Å². The smallest absolute Gasteiger partial charge is 0.348 e. The van der Waals surface area contributed by atoms with Gasteiger partial charge in [0.25, 0.3) is 5.91 Å². The summed E-state index contributed by atoms with van der Waals surface area (Å²) >= 11 is 1.33. The van der Waals surface area contributed by atoms with Gasteiger partial charge in [-0.05, 0) is 49.2 Å². The fourth-order valence-electron chi connectivity index (χ4n) is 2.32. The Balaban J connectivity index is 1.81. The first-order valence-electron chi connectivity index (χ1n) is 8.36. The predicted octanol–water partition coefficient (Wildman–Crippen LogP) is 3.01. The maximum absolute atomic E-state index is 12.9. The van der Waals surface area contributed by atoms with E-state index in [0.717, 1.165) is 21.8 Å². The highest BCUT2D eigenvalue weighted by molar-refractivity contribution is 7.14. The number of esters is 1. The summed E-state index contributed by atoms with van der Waals surface area (Å²) in [7, 11) is 1.44. The third kappa shape index (κ3) is 5.89. The normalized spacial score (nSPS) is 10.4. The number of hydrogen-bond donors (Lipinski definition) is 1. The molecule has 2 amide bonds. The topological polar surface area (TPSA) is 75.7 Å². The summed E-state index contributed by atoms with van der Waals surface area (Å²) in [5.41, 5.74) is 1.50. The minimum atomic E-state index is -0.555. The molecule has 2 aromatic rings. The number of anilines is 1. The van der Waals surface area contributed by atoms with E-state index in [9.17, 15) is 18.8 Å². The lowest BCUT2D eigenvalue weighted by atomic mass is 10.2. The number of amides is 2. The molecule has 0 aliphatic rings. The Hall–Kier alpha value is -2.74. The van der Waals surface area contributed by atoms with Gasteiger partial charge < -0.3 is 15.0 Å². The van der Waals surface area contributed by atoms with Gasteiger partial charge in [0.15, 0.2) is 6.61 Å². The van der Waals surface area contributed by atoms with Crippen LogP contribution < -0.4 is 5.32 Å². The Labute approximate surface area is 160 Å². The molecule has 1 aromatic carbocycles. The van der Waals surface area contributed by atoms with Gasteiger partial charge in [0, 0.05) is 17.6 Å². The molecule has 1 N–H and O–H groups in total. The van der Waals surface area contributed by atoms with Crippen LogP contribution in [0.5, 0.6) is 0 Å². The number of ether oxygens (including phenoxy) is 1. The van der Waals surface area contributed by atoms with Crippen LogP contribution in [-0.4, -0.2) is 42.9 Å². The highest BCUT2D eigenvalue weighted by atomic mass is 32.1. The van der Waals surface area contributed by atoms with E-state index in [0.29, 0.717) is 10.6 Å². The highest BCUT2D eigenvalue weighted by Crippen LogP contribution is 2.22. The van der Waals surface area contributed by atoms with Crippen LogP contribution in [0.3, 0.4) is 0 Å². The first-order valence-corrected chi connectivity index (χ1v) is 9.17. The number of thiophene rings is 1. The maximum atomic E-state index is 12.9. The predicted molar refractivity (Wildman–Crippen MR) is 101 cm³/mol. The second-order valence-corrected chi connectivity index (χ2v) is 7.18. The van der Waals surface area contributed by atoms with Gasteiger partial charge in [-0.15, -0.1) is 11.3 Å². The Bertz CT molecular complexity index is 833. The van der Waals surface area contributed by atoms with Gasteiger partial charge in [-0.25, -0.2) is 9.18 Å². The summed E-state index contributed by atoms with van der Waals surface area (Å²) in [5.74, 6) is -1.90. The number of halogens is 1. The molecule has 0 fully saturated rings. The van der Waals surface area contributed by atoms with Crippen LogP contribution in [0.4, 0.5) is 10.1 Å². The molecule has 0 spiro atoms. The molecule has 0 radical (unpaired) electrons. The minimum absolute atomic E-state index is 0.216. The van der Waals surface area contributed by atoms with Gasteiger partial charge in [-0.2, -0.15) is 0 Å². The zero-order chi connectivity index (χ0) is 20.0. The Morgan fingerprint density at radius 3 is 2.48 bits per heavy atom. The minimum Gasteiger partial charge on any atom is -0.451 e. The van der Waals surface area contributed by atoms with E-state index in [1.807, 2.05) is 13.8 Å². The van der Waals surface area contributed by atoms with Gasteiger partial charge in [-0.1, -0.05) is 6.92 Å². The molecular formula is C19H21FN2O4S. The van der Waals surface area contributed by atoms with Crippen LogP contribution >= 0.6 is 11.3 Å². The van der Waals surface area contributed by atoms with Crippen molar-refractivity contribution in [3.05, 3.63) is 51.5 Å². The lowest BCUT2D eigenvalue weighted by Crippen LogP contribution is -2.37. The summed E-state index contributed by atoms with van der Waals surface area (Å²) in [6.07, 6.45) is 0.820. The number of nitrogens with zero attached hydrogens (tertiary/aromatic N) is 1. The molecule has 0 aliphatic carbocycles. The summed E-state index contributed by atoms with van der Waals surface area (Å²) in [5, 5.41) is 2.56. The van der Waals surface area contributed by atoms with E-state index in [4.69, 9.17) is 4.74 Å². The third-order valence-electron chi connectivity index (χ3n) is 3.86. The standard InChI is InChI=1S/C19H21FN2O4S/c1-4-13-9-16(27-12(13)2)19(25)26-11-18(24)22(3)10-17(23)21-15-7-5-14(20)6-8-15/h5-9H,4,10-11H2,1-3H3,(H,21,23). The van der Waals surface area contributed by atoms with E-state index in [2.05, 4.69) is 5.32 Å². The Morgan fingerprint density at radius 2 is 1.89 bits per heavy atom. The SMILES string of the molecule is CCc1cc(C(=O)OCC(=O)N(C)CC(=O)Nc2ccc(F)cc2)sc1C. The number of carbonyl (C=O) groups excluding carboxylic acids is 3. The number of likely N-dealkylation sites (N-methyl/N-ethyl adjacent to an activating group) is 1. The number of rotatable bonds is 7. The molecule has 1 aromatic heterocycles. The van der Waals surface area contributed by atoms with Gasteiger partial charge in [0.2, 0.25) is 5.91 Å². The summed E-state index contributed by atoms with van der Waals surface area (Å²) in [6, 6.07) is 7.06. The second kappa shape index (κ2) is 9.27. The van der Waals surface area contributed by atoms with Gasteiger partial charge in [0.05, 0.1) is 6.54 Å². The quantitative estimate of drug-likeness (QED) is 0.735. The lowest BCUT2D eigenvalue weighted by Gasteiger charge is -2.16. The van der Waals surface area contributed by atoms with Crippen LogP contribution in [0.15, 0.2) is 30.3 Å². The molecule has 1 heterocycles. The second-order valence-electron chi connectivity index (χ2n) is 5.93. The molecule has 0 aliphatic heterocycles. The fourth-order valence-corrected chi connectivity index (χ4v) is 3.33. The highest BCUT2D eigenvalue weighted by Gasteiger charge is 2.18. The fraction of sp³-hybridized carbons (Fsp3) is 0.316. The molecule has 144 valence electrons. The molecule has 0 unspecified atom stereocenters. The first-order chi connectivity index (χ1) is 12.8. The van der Waals surface area contributed by atoms with Crippen molar-refractivity contribution in [1.29, 1.82) is 0 Å². The molecule has 0 bridgehead atoms. The summed E-state index contributed by atoms with van der Waals surface area (Å²) in [6.45, 7) is 3.27. The van der Waals surface area contributed by atoms with Crippen LogP contribution in [0.1, 0.15) is 27.0 Å². The molecule has 8 heteroatoms. The number of nitrogens with one attached hydrogen (secondary N) is 1. The average molecular weight is 392 g/mol. The van der Waals surface area contributed by atoms with Gasteiger partial charge in [-0.3, -0.25) is 9.59 Å². The summed E-state index contributed by atoms with van der Waals surface area (Å²) < 4.78 is 17.9. The maximum Gasteiger partial charge on any atom is 0.348 e. The van der Waals surface area contributed by atoms with Crippen LogP contribution in [0.25, 0.3) is 0 Å². The van der Waals surface area contributed by atoms with Crippen molar-refractivity contribution in [2.45, 2.75) is 20.3 Å². The number of carbonyl (C=O) groups is 3. The molecule has 0 saturated carbocycles. The zero-order valence-electron chi connectivity index (χ0n) is 15.4. The Morgan fingerprint density at radius 1 is 1.22 bits per heavy atom. The van der Waals surface area contributed by atoms with E-state index >= 15 is 0 Å². The van der Waals surface area contributed by atoms with E-state index in [1.54, 1.807) is 6.07 Å². The zero-order valence-corrected chi connectivity index (χ0v) is 16.2. The van der Waals surface area contributed by atoms with Crippen LogP contribution in [-0.2, 0) is 20.7 Å². The number of hydrogen-bond acceptors (Lipinski definition) is 5. The summed E-state index contributed by atoms with van der Waals surface area (Å²) in [4.78, 5) is 38.7. The van der Waals surface area contributed by atoms with Crippen molar-refractivity contribution in [3.8, 4) is 0 Å². The molecule has 0 saturated heterocycles. The molecule has 6 nitrogen and oxygen atoms in total. The number of aryl methyl sites for hydroxylation is 2. The lowest BCUT2D eigenvalue weighted by molar-refractivity contribution is -0.136. The molecule has 27 heavy (non-hydrogen) atoms. The largest absolute Gasteiger partial charge is 0.451 e. The average Bonchev–Trinajstić information content (AvgIpc) is 3.02. The first kappa shape index (κ1) is 20.6. The molecule has 2 rings (SSSR count). The number of benzene rings is 1. The molecular weight excluding hydrogens is 371 g/mol. The van der Waals surface area contributed by atoms with Crippen molar-refractivity contribution in [2.24, 2.45) is 0 Å².